The van der Waals surface area contributed by atoms with Gasteiger partial charge in [0.1, 0.15) is 6.17 Å². The fourth-order valence-electron chi connectivity index (χ4n) is 3.42. The zero-order valence-corrected chi connectivity index (χ0v) is 12.2. The molecule has 1 aromatic rings. The predicted molar refractivity (Wildman–Crippen MR) is 75.9 cm³/mol. The van der Waals surface area contributed by atoms with E-state index in [9.17, 15) is 13.6 Å². The SMILES string of the molecule is CC1([C@@H]2C[C@H](F)c3nc(C(=O)[C@H]4C[C@@H]4F)nn32)C=CC=CC1. The van der Waals surface area contributed by atoms with Crippen LogP contribution in [0.5, 0.6) is 0 Å². The van der Waals surface area contributed by atoms with Gasteiger partial charge in [-0.2, -0.15) is 0 Å². The van der Waals surface area contributed by atoms with E-state index in [-0.39, 0.29) is 29.5 Å². The molecule has 116 valence electrons. The van der Waals surface area contributed by atoms with Gasteiger partial charge in [-0.1, -0.05) is 31.2 Å². The first-order chi connectivity index (χ1) is 10.5. The number of alkyl halides is 2. The Morgan fingerprint density at radius 3 is 2.77 bits per heavy atom. The number of Topliss-reactive ketones (excluding diaryl/α,β-unsaturated/α-hetero) is 1. The van der Waals surface area contributed by atoms with E-state index in [0.29, 0.717) is 6.42 Å². The summed E-state index contributed by atoms with van der Waals surface area (Å²) < 4.78 is 28.9. The Morgan fingerprint density at radius 1 is 1.36 bits per heavy atom. The molecule has 2 heterocycles. The second-order valence-electron chi connectivity index (χ2n) is 6.68. The highest BCUT2D eigenvalue weighted by atomic mass is 19.1. The van der Waals surface area contributed by atoms with Crippen LogP contribution in [0.2, 0.25) is 0 Å². The maximum absolute atomic E-state index is 14.3. The lowest BCUT2D eigenvalue weighted by Crippen LogP contribution is -2.27. The summed E-state index contributed by atoms with van der Waals surface area (Å²) in [5.74, 6) is -0.864. The van der Waals surface area contributed by atoms with Gasteiger partial charge in [0.2, 0.25) is 11.6 Å². The summed E-state index contributed by atoms with van der Waals surface area (Å²) in [6.07, 6.45) is 7.04. The molecule has 5 atom stereocenters. The number of nitrogens with zero attached hydrogens (tertiary/aromatic N) is 3. The third-order valence-electron chi connectivity index (χ3n) is 4.98. The molecule has 1 fully saturated rings. The number of halogens is 2. The highest BCUT2D eigenvalue weighted by Crippen LogP contribution is 2.49. The average Bonchev–Trinajstić information content (AvgIpc) is 2.95. The molecule has 0 saturated heterocycles. The number of rotatable bonds is 3. The Labute approximate surface area is 126 Å². The number of aromatic nitrogens is 3. The van der Waals surface area contributed by atoms with Gasteiger partial charge in [-0.25, -0.2) is 18.4 Å². The zero-order valence-electron chi connectivity index (χ0n) is 12.2. The van der Waals surface area contributed by atoms with Crippen molar-refractivity contribution in [2.75, 3.05) is 0 Å². The largest absolute Gasteiger partial charge is 0.290 e. The Balaban J connectivity index is 1.67. The van der Waals surface area contributed by atoms with Crippen LogP contribution in [0.4, 0.5) is 8.78 Å². The van der Waals surface area contributed by atoms with Crippen molar-refractivity contribution in [3.05, 3.63) is 36.0 Å². The molecular weight excluding hydrogens is 288 g/mol. The summed E-state index contributed by atoms with van der Waals surface area (Å²) >= 11 is 0. The lowest BCUT2D eigenvalue weighted by molar-refractivity contribution is 0.0945. The zero-order chi connectivity index (χ0) is 15.5. The van der Waals surface area contributed by atoms with Crippen LogP contribution in [0.25, 0.3) is 0 Å². The summed E-state index contributed by atoms with van der Waals surface area (Å²) in [4.78, 5) is 16.1. The first-order valence-corrected chi connectivity index (χ1v) is 7.63. The summed E-state index contributed by atoms with van der Waals surface area (Å²) in [7, 11) is 0. The molecule has 1 saturated carbocycles. The minimum Gasteiger partial charge on any atom is -0.290 e. The summed E-state index contributed by atoms with van der Waals surface area (Å²) in [5.41, 5.74) is -0.249. The minimum atomic E-state index is -1.23. The number of carbonyl (C=O) groups excluding carboxylic acids is 1. The Bertz CT molecular complexity index is 696. The van der Waals surface area contributed by atoms with Crippen molar-refractivity contribution in [3.63, 3.8) is 0 Å². The first-order valence-electron chi connectivity index (χ1n) is 7.63. The van der Waals surface area contributed by atoms with Crippen molar-refractivity contribution in [1.82, 2.24) is 14.8 Å². The van der Waals surface area contributed by atoms with Gasteiger partial charge < -0.3 is 0 Å². The first kappa shape index (κ1) is 13.8. The number of hydrogen-bond donors (Lipinski definition) is 0. The molecule has 1 aromatic heterocycles. The van der Waals surface area contributed by atoms with Crippen molar-refractivity contribution in [2.24, 2.45) is 11.3 Å². The van der Waals surface area contributed by atoms with Crippen LogP contribution in [-0.4, -0.2) is 26.7 Å². The van der Waals surface area contributed by atoms with Crippen molar-refractivity contribution in [2.45, 2.75) is 44.6 Å². The quantitative estimate of drug-likeness (QED) is 0.805. The molecular formula is C16H17F2N3O. The molecule has 0 aromatic carbocycles. The van der Waals surface area contributed by atoms with E-state index < -0.39 is 24.0 Å². The third-order valence-corrected chi connectivity index (χ3v) is 4.98. The van der Waals surface area contributed by atoms with Crippen molar-refractivity contribution < 1.29 is 13.6 Å². The summed E-state index contributed by atoms with van der Waals surface area (Å²) in [6.45, 7) is 2.06. The van der Waals surface area contributed by atoms with E-state index in [0.717, 1.165) is 6.42 Å². The number of ketones is 1. The Hall–Kier alpha value is -1.85. The second kappa shape index (κ2) is 4.57. The Morgan fingerprint density at radius 2 is 2.14 bits per heavy atom. The van der Waals surface area contributed by atoms with Crippen LogP contribution in [-0.2, 0) is 0 Å². The number of hydrogen-bond acceptors (Lipinski definition) is 3. The highest BCUT2D eigenvalue weighted by molar-refractivity contribution is 5.96. The van der Waals surface area contributed by atoms with Gasteiger partial charge in [0.15, 0.2) is 12.0 Å². The molecule has 6 heteroatoms. The van der Waals surface area contributed by atoms with Crippen molar-refractivity contribution >= 4 is 5.78 Å². The normalized spacial score (nSPS) is 39.0. The third kappa shape index (κ3) is 1.96. The van der Waals surface area contributed by atoms with Gasteiger partial charge in [-0.05, 0) is 12.8 Å². The van der Waals surface area contributed by atoms with E-state index in [1.54, 1.807) is 4.68 Å². The van der Waals surface area contributed by atoms with E-state index in [2.05, 4.69) is 23.1 Å². The smallest absolute Gasteiger partial charge is 0.218 e. The topological polar surface area (TPSA) is 47.8 Å². The molecule has 0 bridgehead atoms. The summed E-state index contributed by atoms with van der Waals surface area (Å²) in [5, 5.41) is 4.23. The Kier molecular flexibility index (Phi) is 2.86. The lowest BCUT2D eigenvalue weighted by atomic mass is 9.76. The molecule has 3 aliphatic rings. The van der Waals surface area contributed by atoms with Crippen LogP contribution in [0.1, 0.15) is 54.8 Å². The van der Waals surface area contributed by atoms with Crippen LogP contribution in [0.15, 0.2) is 24.3 Å². The number of carbonyl (C=O) groups is 1. The maximum atomic E-state index is 14.3. The van der Waals surface area contributed by atoms with Crippen molar-refractivity contribution in [1.29, 1.82) is 0 Å². The van der Waals surface area contributed by atoms with E-state index in [1.807, 2.05) is 18.2 Å². The molecule has 1 unspecified atom stereocenters. The standard InChI is InChI=1S/C16H17F2N3O/c1-16(5-3-2-4-6-16)12-8-11(18)15-19-14(20-21(12)15)13(22)9-7-10(9)17/h2-5,9-12H,6-8H2,1H3/t9-,10-,11-,12-,16?/m0/s1. The molecule has 0 radical (unpaired) electrons. The van der Waals surface area contributed by atoms with Gasteiger partial charge in [0, 0.05) is 11.8 Å². The van der Waals surface area contributed by atoms with Crippen LogP contribution in [0.3, 0.4) is 0 Å². The monoisotopic (exact) mass is 305 g/mol. The van der Waals surface area contributed by atoms with Gasteiger partial charge in [-0.3, -0.25) is 4.79 Å². The van der Waals surface area contributed by atoms with E-state index in [4.69, 9.17) is 0 Å². The molecule has 0 N–H and O–H groups in total. The molecule has 4 rings (SSSR count). The predicted octanol–water partition coefficient (Wildman–Crippen LogP) is 3.30. The van der Waals surface area contributed by atoms with Gasteiger partial charge in [0.25, 0.3) is 0 Å². The number of fused-ring (bicyclic) bond motifs is 1. The van der Waals surface area contributed by atoms with Crippen LogP contribution < -0.4 is 0 Å². The van der Waals surface area contributed by atoms with Crippen LogP contribution >= 0.6 is 0 Å². The van der Waals surface area contributed by atoms with E-state index >= 15 is 0 Å². The fraction of sp³-hybridized carbons (Fsp3) is 0.562. The van der Waals surface area contributed by atoms with Gasteiger partial charge >= 0.3 is 0 Å². The van der Waals surface area contributed by atoms with E-state index in [1.165, 1.54) is 0 Å². The molecule has 2 aliphatic carbocycles. The molecule has 1 aliphatic heterocycles. The second-order valence-corrected chi connectivity index (χ2v) is 6.68. The lowest BCUT2D eigenvalue weighted by Gasteiger charge is -2.33. The summed E-state index contributed by atoms with van der Waals surface area (Å²) in [6, 6.07) is -0.173. The highest BCUT2D eigenvalue weighted by Gasteiger charge is 2.48. The number of allylic oxidation sites excluding steroid dienone is 4. The molecule has 0 spiro atoms. The van der Waals surface area contributed by atoms with Gasteiger partial charge in [-0.15, -0.1) is 5.10 Å². The van der Waals surface area contributed by atoms with Gasteiger partial charge in [0.05, 0.1) is 12.0 Å². The minimum absolute atomic E-state index is 0.0357. The molecule has 0 amide bonds. The fourth-order valence-corrected chi connectivity index (χ4v) is 3.42. The van der Waals surface area contributed by atoms with Crippen molar-refractivity contribution in [3.8, 4) is 0 Å². The molecule has 4 nitrogen and oxygen atoms in total. The average molecular weight is 305 g/mol. The molecule has 22 heavy (non-hydrogen) atoms. The maximum Gasteiger partial charge on any atom is 0.218 e. The van der Waals surface area contributed by atoms with Crippen LogP contribution in [0, 0.1) is 11.3 Å².